The predicted molar refractivity (Wildman–Crippen MR) is 60.5 cm³/mol. The van der Waals surface area contributed by atoms with Gasteiger partial charge in [0, 0.05) is 0 Å². The van der Waals surface area contributed by atoms with Crippen molar-refractivity contribution in [1.82, 2.24) is 0 Å². The van der Waals surface area contributed by atoms with Gasteiger partial charge in [-0.2, -0.15) is 0 Å². The topological polar surface area (TPSA) is 0 Å². The van der Waals surface area contributed by atoms with Crippen molar-refractivity contribution < 1.29 is 0 Å². The summed E-state index contributed by atoms with van der Waals surface area (Å²) in [6, 6.07) is 0. The Kier molecular flexibility index (Phi) is 10.5. The molecule has 0 aliphatic rings. The fourth-order valence-electron chi connectivity index (χ4n) is 1.12. The summed E-state index contributed by atoms with van der Waals surface area (Å²) in [5, 5.41) is 0. The van der Waals surface area contributed by atoms with Crippen LogP contribution in [0.3, 0.4) is 0 Å². The lowest BCUT2D eigenvalue weighted by molar-refractivity contribution is 0.760. The van der Waals surface area contributed by atoms with Crippen LogP contribution < -0.4 is 0 Å². The van der Waals surface area contributed by atoms with E-state index in [-0.39, 0.29) is 0 Å². The van der Waals surface area contributed by atoms with E-state index in [0.29, 0.717) is 0 Å². The van der Waals surface area contributed by atoms with E-state index in [1.807, 2.05) is 0 Å². The van der Waals surface area contributed by atoms with Gasteiger partial charge in [-0.1, -0.05) is 37.0 Å². The van der Waals surface area contributed by atoms with Gasteiger partial charge in [0.25, 0.3) is 0 Å². The van der Waals surface area contributed by atoms with Crippen LogP contribution in [0.15, 0.2) is 30.4 Å². The Bertz CT molecular complexity index is 151. The molecule has 0 fully saturated rings. The molecule has 0 N–H and O–H groups in total. The van der Waals surface area contributed by atoms with Gasteiger partial charge in [-0.15, -0.1) is 0 Å². The number of rotatable bonds is 8. The molecular formula is C13H21. The van der Waals surface area contributed by atoms with E-state index in [4.69, 9.17) is 6.58 Å². The highest BCUT2D eigenvalue weighted by molar-refractivity contribution is 4.84. The van der Waals surface area contributed by atoms with Gasteiger partial charge in [-0.05, 0) is 45.4 Å². The first-order chi connectivity index (χ1) is 6.41. The van der Waals surface area contributed by atoms with Gasteiger partial charge in [-0.25, -0.2) is 0 Å². The molecule has 0 heteroatoms. The average molecular weight is 177 g/mol. The van der Waals surface area contributed by atoms with Crippen molar-refractivity contribution in [2.75, 3.05) is 0 Å². The third-order valence-electron chi connectivity index (χ3n) is 1.89. The molecular weight excluding hydrogens is 156 g/mol. The van der Waals surface area contributed by atoms with Gasteiger partial charge in [-0.3, -0.25) is 0 Å². The second-order valence-corrected chi connectivity index (χ2v) is 3.14. The van der Waals surface area contributed by atoms with E-state index in [1.165, 1.54) is 25.7 Å². The molecule has 0 amide bonds. The van der Waals surface area contributed by atoms with Gasteiger partial charge in [0.15, 0.2) is 0 Å². The Labute approximate surface area is 83.0 Å². The molecule has 0 nitrogen and oxygen atoms in total. The number of hydrogen-bond donors (Lipinski definition) is 0. The average Bonchev–Trinajstić information content (AvgIpc) is 2.16. The molecule has 0 aliphatic heterocycles. The Hall–Kier alpha value is -0.780. The van der Waals surface area contributed by atoms with E-state index >= 15 is 0 Å². The Balaban J connectivity index is 3.06. The quantitative estimate of drug-likeness (QED) is 0.379. The molecule has 73 valence electrons. The molecule has 0 aromatic rings. The lowest BCUT2D eigenvalue weighted by Crippen LogP contribution is -1.72. The minimum Gasteiger partial charge on any atom is -0.0917 e. The van der Waals surface area contributed by atoms with Crippen molar-refractivity contribution in [2.24, 2.45) is 0 Å². The highest BCUT2D eigenvalue weighted by Gasteiger charge is 1.82. The van der Waals surface area contributed by atoms with Crippen LogP contribution in [0.5, 0.6) is 0 Å². The lowest BCUT2D eigenvalue weighted by Gasteiger charge is -1.92. The van der Waals surface area contributed by atoms with Crippen LogP contribution in [-0.4, -0.2) is 0 Å². The summed E-state index contributed by atoms with van der Waals surface area (Å²) in [5.41, 5.74) is 0. The number of hydrogen-bond acceptors (Lipinski definition) is 0. The molecule has 0 rings (SSSR count). The summed E-state index contributed by atoms with van der Waals surface area (Å²) in [5.74, 6) is 0. The Morgan fingerprint density at radius 1 is 0.846 bits per heavy atom. The maximum Gasteiger partial charge on any atom is -0.0313 e. The van der Waals surface area contributed by atoms with Gasteiger partial charge in [0.2, 0.25) is 0 Å². The van der Waals surface area contributed by atoms with Crippen molar-refractivity contribution in [3.05, 3.63) is 37.0 Å². The van der Waals surface area contributed by atoms with Crippen LogP contribution >= 0.6 is 0 Å². The first-order valence-corrected chi connectivity index (χ1v) is 5.21. The molecule has 0 spiro atoms. The van der Waals surface area contributed by atoms with Gasteiger partial charge < -0.3 is 0 Å². The summed E-state index contributed by atoms with van der Waals surface area (Å²) in [6.07, 6.45) is 17.7. The van der Waals surface area contributed by atoms with Crippen LogP contribution in [0, 0.1) is 6.58 Å². The second kappa shape index (κ2) is 11.2. The molecule has 13 heavy (non-hydrogen) atoms. The summed E-state index contributed by atoms with van der Waals surface area (Å²) in [6.45, 7) is 7.33. The molecule has 0 saturated carbocycles. The van der Waals surface area contributed by atoms with E-state index in [9.17, 15) is 0 Å². The van der Waals surface area contributed by atoms with Gasteiger partial charge in [0.1, 0.15) is 0 Å². The van der Waals surface area contributed by atoms with Gasteiger partial charge >= 0.3 is 0 Å². The van der Waals surface area contributed by atoms with Crippen LogP contribution in [0.1, 0.15) is 45.4 Å². The normalized spacial score (nSPS) is 11.5. The smallest absolute Gasteiger partial charge is 0.0313 e. The molecule has 1 radical (unpaired) electrons. The maximum atomic E-state index is 5.26. The molecule has 0 unspecified atom stereocenters. The zero-order chi connectivity index (χ0) is 9.78. The van der Waals surface area contributed by atoms with Gasteiger partial charge in [0.05, 0.1) is 0 Å². The van der Waals surface area contributed by atoms with Crippen molar-refractivity contribution in [3.8, 4) is 0 Å². The van der Waals surface area contributed by atoms with E-state index < -0.39 is 0 Å². The van der Waals surface area contributed by atoms with Crippen LogP contribution in [-0.2, 0) is 0 Å². The van der Waals surface area contributed by atoms with Crippen LogP contribution in [0.2, 0.25) is 0 Å². The summed E-state index contributed by atoms with van der Waals surface area (Å²) in [4.78, 5) is 0. The zero-order valence-corrected chi connectivity index (χ0v) is 8.71. The fourth-order valence-corrected chi connectivity index (χ4v) is 1.12. The summed E-state index contributed by atoms with van der Waals surface area (Å²) >= 11 is 0. The monoisotopic (exact) mass is 177 g/mol. The van der Waals surface area contributed by atoms with Crippen molar-refractivity contribution in [1.29, 1.82) is 0 Å². The van der Waals surface area contributed by atoms with Crippen molar-refractivity contribution >= 4 is 0 Å². The Morgan fingerprint density at radius 3 is 2.08 bits per heavy atom. The first kappa shape index (κ1) is 12.2. The molecule has 0 atom stereocenters. The first-order valence-electron chi connectivity index (χ1n) is 5.21. The van der Waals surface area contributed by atoms with E-state index in [2.05, 4.69) is 31.2 Å². The standard InChI is InChI=1S/C13H21/c1-3-5-7-9-11-13-12-10-8-6-4-2/h1,3-4,6,9,11H,5,7-8,10,12-13H2,2H3. The highest BCUT2D eigenvalue weighted by Crippen LogP contribution is 2.02. The zero-order valence-electron chi connectivity index (χ0n) is 8.71. The molecule has 0 aromatic carbocycles. The SMILES string of the molecule is [CH]=CCCC=CCCCCC=CC. The molecule has 0 heterocycles. The van der Waals surface area contributed by atoms with Crippen LogP contribution in [0.25, 0.3) is 0 Å². The fraction of sp³-hybridized carbons (Fsp3) is 0.538. The minimum atomic E-state index is 0.995. The molecule has 0 bridgehead atoms. The van der Waals surface area contributed by atoms with E-state index in [1.54, 1.807) is 6.08 Å². The van der Waals surface area contributed by atoms with Crippen molar-refractivity contribution in [2.45, 2.75) is 45.4 Å². The summed E-state index contributed by atoms with van der Waals surface area (Å²) in [7, 11) is 0. The third-order valence-corrected chi connectivity index (χ3v) is 1.89. The third kappa shape index (κ3) is 11.2. The summed E-state index contributed by atoms with van der Waals surface area (Å²) < 4.78 is 0. The molecule has 0 saturated heterocycles. The van der Waals surface area contributed by atoms with Crippen LogP contribution in [0.4, 0.5) is 0 Å². The molecule has 0 aromatic heterocycles. The highest BCUT2D eigenvalue weighted by atomic mass is 13.9. The number of unbranched alkanes of at least 4 members (excludes halogenated alkanes) is 4. The number of allylic oxidation sites excluding steroid dienone is 5. The second-order valence-electron chi connectivity index (χ2n) is 3.14. The largest absolute Gasteiger partial charge is 0.0917 e. The minimum absolute atomic E-state index is 0.995. The maximum absolute atomic E-state index is 5.26. The Morgan fingerprint density at radius 2 is 1.46 bits per heavy atom. The van der Waals surface area contributed by atoms with Crippen molar-refractivity contribution in [3.63, 3.8) is 0 Å². The molecule has 0 aliphatic carbocycles. The predicted octanol–water partition coefficient (Wildman–Crippen LogP) is 4.45. The lowest BCUT2D eigenvalue weighted by atomic mass is 10.1. The van der Waals surface area contributed by atoms with E-state index in [0.717, 1.165) is 12.8 Å².